The molecule has 0 rings (SSSR count). The molecule has 0 aromatic rings. The quantitative estimate of drug-likeness (QED) is 0.712. The number of nitrogens with two attached hydrogens (primary N) is 1. The fourth-order valence-electron chi connectivity index (χ4n) is 0.870. The van der Waals surface area contributed by atoms with E-state index in [1.54, 1.807) is 0 Å². The fourth-order valence-corrected chi connectivity index (χ4v) is 0.870. The van der Waals surface area contributed by atoms with E-state index in [-0.39, 0.29) is 0 Å². The Balaban J connectivity index is 0. The first-order valence-electron chi connectivity index (χ1n) is 4.95. The van der Waals surface area contributed by atoms with E-state index in [0.717, 1.165) is 19.4 Å². The van der Waals surface area contributed by atoms with Crippen LogP contribution in [0, 0.1) is 0 Å². The average molecular weight is 184 g/mol. The van der Waals surface area contributed by atoms with E-state index < -0.39 is 0 Å². The highest BCUT2D eigenvalue weighted by Gasteiger charge is 1.96. The molecule has 0 aliphatic heterocycles. The Morgan fingerprint density at radius 3 is 2.15 bits per heavy atom. The molecule has 2 nitrogen and oxygen atoms in total. The molecule has 0 aromatic carbocycles. The number of hydrogen-bond acceptors (Lipinski definition) is 2. The van der Waals surface area contributed by atoms with Crippen LogP contribution < -0.4 is 5.73 Å². The predicted molar refractivity (Wildman–Crippen MR) is 61.4 cm³/mol. The minimum atomic E-state index is 1.02. The molecule has 0 saturated heterocycles. The fraction of sp³-hybridized carbons (Fsp3) is 0.636. The Kier molecular flexibility index (Phi) is 12.8. The Morgan fingerprint density at radius 2 is 1.85 bits per heavy atom. The van der Waals surface area contributed by atoms with E-state index in [4.69, 9.17) is 0 Å². The summed E-state index contributed by atoms with van der Waals surface area (Å²) in [5.74, 6) is 0. The predicted octanol–water partition coefficient (Wildman–Crippen LogP) is 2.73. The molecule has 2 N–H and O–H groups in total. The molecule has 78 valence electrons. The van der Waals surface area contributed by atoms with Gasteiger partial charge in [0, 0.05) is 12.2 Å². The van der Waals surface area contributed by atoms with Gasteiger partial charge in [0.25, 0.3) is 0 Å². The van der Waals surface area contributed by atoms with Crippen LogP contribution in [0.5, 0.6) is 0 Å². The lowest BCUT2D eigenvalue weighted by molar-refractivity contribution is 0.476. The molecule has 0 unspecified atom stereocenters. The Bertz CT molecular complexity index is 139. The van der Waals surface area contributed by atoms with Crippen molar-refractivity contribution in [3.8, 4) is 0 Å². The molecular weight excluding hydrogens is 160 g/mol. The van der Waals surface area contributed by atoms with Gasteiger partial charge in [0.1, 0.15) is 0 Å². The van der Waals surface area contributed by atoms with Crippen LogP contribution in [-0.2, 0) is 0 Å². The molecule has 0 radical (unpaired) electrons. The molecule has 0 amide bonds. The van der Waals surface area contributed by atoms with E-state index in [2.05, 4.69) is 50.3 Å². The molecule has 0 fully saturated rings. The van der Waals surface area contributed by atoms with Crippen molar-refractivity contribution in [3.63, 3.8) is 0 Å². The molecule has 0 heterocycles. The minimum absolute atomic E-state index is 1.02. The maximum absolute atomic E-state index is 4.50. The van der Waals surface area contributed by atoms with Gasteiger partial charge in [-0.15, -0.1) is 0 Å². The van der Waals surface area contributed by atoms with Crippen LogP contribution in [-0.4, -0.2) is 18.5 Å². The Morgan fingerprint density at radius 1 is 1.31 bits per heavy atom. The first-order valence-corrected chi connectivity index (χ1v) is 4.95. The van der Waals surface area contributed by atoms with Gasteiger partial charge in [-0.25, -0.2) is 0 Å². The van der Waals surface area contributed by atoms with E-state index >= 15 is 0 Å². The van der Waals surface area contributed by atoms with Gasteiger partial charge >= 0.3 is 0 Å². The monoisotopic (exact) mass is 184 g/mol. The van der Waals surface area contributed by atoms with Crippen molar-refractivity contribution < 1.29 is 0 Å². The number of nitrogens with zero attached hydrogens (tertiary/aromatic N) is 1. The van der Waals surface area contributed by atoms with Crippen molar-refractivity contribution in [2.75, 3.05) is 13.6 Å². The van der Waals surface area contributed by atoms with Crippen molar-refractivity contribution in [2.24, 2.45) is 5.73 Å². The van der Waals surface area contributed by atoms with Gasteiger partial charge in [0.2, 0.25) is 0 Å². The lowest BCUT2D eigenvalue weighted by Gasteiger charge is -2.19. The highest BCUT2D eigenvalue weighted by molar-refractivity contribution is 4.99. The lowest BCUT2D eigenvalue weighted by Crippen LogP contribution is -2.14. The number of hydrogen-bond donors (Lipinski definition) is 1. The van der Waals surface area contributed by atoms with Gasteiger partial charge in [-0.05, 0) is 33.0 Å². The van der Waals surface area contributed by atoms with E-state index in [1.165, 1.54) is 12.7 Å². The summed E-state index contributed by atoms with van der Waals surface area (Å²) in [5.41, 5.74) is 5.69. The Labute approximate surface area is 83.1 Å². The SMILES string of the molecule is C=C(CC)N(/C=C\CC)CC.CN. The summed E-state index contributed by atoms with van der Waals surface area (Å²) in [7, 11) is 1.50. The summed E-state index contributed by atoms with van der Waals surface area (Å²) in [5, 5.41) is 0. The zero-order valence-electron chi connectivity index (χ0n) is 9.51. The molecule has 0 aliphatic rings. The summed E-state index contributed by atoms with van der Waals surface area (Å²) in [6, 6.07) is 0. The summed E-state index contributed by atoms with van der Waals surface area (Å²) in [4.78, 5) is 2.18. The first kappa shape index (κ1) is 14.7. The third-order valence-corrected chi connectivity index (χ3v) is 1.68. The lowest BCUT2D eigenvalue weighted by atomic mass is 10.3. The Hall–Kier alpha value is -0.760. The summed E-state index contributed by atoms with van der Waals surface area (Å²) >= 11 is 0. The van der Waals surface area contributed by atoms with Gasteiger partial charge < -0.3 is 10.6 Å². The third-order valence-electron chi connectivity index (χ3n) is 1.68. The van der Waals surface area contributed by atoms with Crippen molar-refractivity contribution in [1.29, 1.82) is 0 Å². The molecular formula is C11H24N2. The maximum atomic E-state index is 4.50. The van der Waals surface area contributed by atoms with Crippen molar-refractivity contribution in [1.82, 2.24) is 4.90 Å². The highest BCUT2D eigenvalue weighted by atomic mass is 15.1. The maximum Gasteiger partial charge on any atom is 0.0193 e. The molecule has 0 aliphatic carbocycles. The normalized spacial score (nSPS) is 9.31. The minimum Gasteiger partial charge on any atom is -0.353 e. The second-order valence-electron chi connectivity index (χ2n) is 2.50. The van der Waals surface area contributed by atoms with E-state index in [0.29, 0.717) is 0 Å². The van der Waals surface area contributed by atoms with Crippen molar-refractivity contribution in [2.45, 2.75) is 33.6 Å². The molecule has 2 heteroatoms. The summed E-state index contributed by atoms with van der Waals surface area (Å²) < 4.78 is 0. The summed E-state index contributed by atoms with van der Waals surface area (Å²) in [6.45, 7) is 11.4. The van der Waals surface area contributed by atoms with Crippen LogP contribution in [0.3, 0.4) is 0 Å². The van der Waals surface area contributed by atoms with Crippen LogP contribution in [0.25, 0.3) is 0 Å². The largest absolute Gasteiger partial charge is 0.353 e. The average Bonchev–Trinajstić information content (AvgIpc) is 2.21. The first-order chi connectivity index (χ1) is 6.26. The van der Waals surface area contributed by atoms with Gasteiger partial charge in [0.15, 0.2) is 0 Å². The summed E-state index contributed by atoms with van der Waals surface area (Å²) in [6.07, 6.45) is 6.39. The molecule has 0 bridgehead atoms. The van der Waals surface area contributed by atoms with Crippen LogP contribution >= 0.6 is 0 Å². The van der Waals surface area contributed by atoms with E-state index in [1.807, 2.05) is 0 Å². The van der Waals surface area contributed by atoms with Crippen molar-refractivity contribution >= 4 is 0 Å². The molecule has 0 saturated carbocycles. The number of allylic oxidation sites excluding steroid dienone is 2. The molecule has 0 spiro atoms. The molecule has 0 atom stereocenters. The second-order valence-corrected chi connectivity index (χ2v) is 2.50. The van der Waals surface area contributed by atoms with Gasteiger partial charge in [0.05, 0.1) is 0 Å². The van der Waals surface area contributed by atoms with Crippen molar-refractivity contribution in [3.05, 3.63) is 24.6 Å². The van der Waals surface area contributed by atoms with Gasteiger partial charge in [-0.1, -0.05) is 26.5 Å². The third kappa shape index (κ3) is 7.60. The zero-order valence-corrected chi connectivity index (χ0v) is 9.51. The van der Waals surface area contributed by atoms with Crippen LogP contribution in [0.2, 0.25) is 0 Å². The zero-order chi connectivity index (χ0) is 10.7. The van der Waals surface area contributed by atoms with Crippen LogP contribution in [0.1, 0.15) is 33.6 Å². The smallest absolute Gasteiger partial charge is 0.0193 e. The molecule has 0 aromatic heterocycles. The van der Waals surface area contributed by atoms with Gasteiger partial charge in [-0.2, -0.15) is 0 Å². The van der Waals surface area contributed by atoms with Gasteiger partial charge in [-0.3, -0.25) is 0 Å². The standard InChI is InChI=1S/C10H19N.CH5N/c1-5-8-9-11(7-3)10(4)6-2;1-2/h8-9H,4-7H2,1-3H3;2H2,1H3/b9-8-;. The molecule has 13 heavy (non-hydrogen) atoms. The highest BCUT2D eigenvalue weighted by Crippen LogP contribution is 2.05. The topological polar surface area (TPSA) is 29.3 Å². The van der Waals surface area contributed by atoms with Crippen LogP contribution in [0.4, 0.5) is 0 Å². The van der Waals surface area contributed by atoms with E-state index in [9.17, 15) is 0 Å². The van der Waals surface area contributed by atoms with Crippen LogP contribution in [0.15, 0.2) is 24.6 Å². The number of rotatable bonds is 5. The second kappa shape index (κ2) is 11.2.